The van der Waals surface area contributed by atoms with Gasteiger partial charge in [0.15, 0.2) is 0 Å². The fourth-order valence-corrected chi connectivity index (χ4v) is 1.68. The van der Waals surface area contributed by atoms with Crippen molar-refractivity contribution >= 4 is 11.6 Å². The van der Waals surface area contributed by atoms with Crippen molar-refractivity contribution in [2.24, 2.45) is 0 Å². The Bertz CT molecular complexity index is 552. The van der Waals surface area contributed by atoms with Crippen molar-refractivity contribution < 1.29 is 17.9 Å². The van der Waals surface area contributed by atoms with E-state index >= 15 is 0 Å². The molecule has 2 aromatic rings. The number of benzene rings is 2. The summed E-state index contributed by atoms with van der Waals surface area (Å²) in [5, 5.41) is 0. The fourth-order valence-electron chi connectivity index (χ4n) is 1.47. The number of hydrogen-bond donors (Lipinski definition) is 0. The third kappa shape index (κ3) is 2.96. The molecule has 2 aromatic carbocycles. The molecular weight excluding hydrogens is 265 g/mol. The van der Waals surface area contributed by atoms with Crippen molar-refractivity contribution in [3.05, 3.63) is 59.4 Å². The molecule has 0 radical (unpaired) electrons. The van der Waals surface area contributed by atoms with E-state index < -0.39 is 17.5 Å². The number of ether oxygens (including phenoxy) is 1. The maximum atomic E-state index is 13.0. The van der Waals surface area contributed by atoms with Crippen LogP contribution in [0.5, 0.6) is 11.5 Å². The van der Waals surface area contributed by atoms with E-state index in [1.165, 1.54) is 18.2 Å². The van der Waals surface area contributed by atoms with Crippen LogP contribution in [0.2, 0.25) is 0 Å². The Morgan fingerprint density at radius 2 is 1.56 bits per heavy atom. The fraction of sp³-hybridized carbons (Fsp3) is 0.0769. The SMILES string of the molecule is Fc1cc(F)cc(Oc2ccc(F)cc2CCl)c1. The van der Waals surface area contributed by atoms with Crippen molar-refractivity contribution in [2.45, 2.75) is 5.88 Å². The smallest absolute Gasteiger partial charge is 0.133 e. The highest BCUT2D eigenvalue weighted by Gasteiger charge is 2.08. The second kappa shape index (κ2) is 5.31. The molecule has 0 aliphatic rings. The van der Waals surface area contributed by atoms with Gasteiger partial charge in [-0.05, 0) is 18.2 Å². The summed E-state index contributed by atoms with van der Waals surface area (Å²) in [6.07, 6.45) is 0. The van der Waals surface area contributed by atoms with Gasteiger partial charge in [0, 0.05) is 23.8 Å². The molecule has 1 nitrogen and oxygen atoms in total. The van der Waals surface area contributed by atoms with Gasteiger partial charge in [-0.3, -0.25) is 0 Å². The molecule has 5 heteroatoms. The third-order valence-electron chi connectivity index (χ3n) is 2.23. The molecule has 0 heterocycles. The highest BCUT2D eigenvalue weighted by Crippen LogP contribution is 2.28. The summed E-state index contributed by atoms with van der Waals surface area (Å²) in [6, 6.07) is 6.55. The molecule has 0 amide bonds. The molecule has 0 aromatic heterocycles. The van der Waals surface area contributed by atoms with Gasteiger partial charge < -0.3 is 4.74 Å². The van der Waals surface area contributed by atoms with E-state index in [2.05, 4.69) is 0 Å². The van der Waals surface area contributed by atoms with Gasteiger partial charge >= 0.3 is 0 Å². The standard InChI is InChI=1S/C13H8ClF3O/c14-7-8-3-9(15)1-2-13(8)18-12-5-10(16)4-11(17)6-12/h1-6H,7H2. The summed E-state index contributed by atoms with van der Waals surface area (Å²) in [6.45, 7) is 0. The van der Waals surface area contributed by atoms with E-state index in [0.717, 1.165) is 18.2 Å². The summed E-state index contributed by atoms with van der Waals surface area (Å²) in [7, 11) is 0. The molecule has 2 rings (SSSR count). The zero-order valence-electron chi connectivity index (χ0n) is 9.09. The predicted molar refractivity (Wildman–Crippen MR) is 62.4 cm³/mol. The Balaban J connectivity index is 2.33. The van der Waals surface area contributed by atoms with Crippen molar-refractivity contribution in [2.75, 3.05) is 0 Å². The molecule has 0 saturated heterocycles. The molecule has 0 saturated carbocycles. The van der Waals surface area contributed by atoms with E-state index in [4.69, 9.17) is 16.3 Å². The quantitative estimate of drug-likeness (QED) is 0.740. The van der Waals surface area contributed by atoms with Crippen molar-refractivity contribution in [3.63, 3.8) is 0 Å². The Hall–Kier alpha value is -1.68. The molecule has 0 spiro atoms. The van der Waals surface area contributed by atoms with E-state index in [1.807, 2.05) is 0 Å². The zero-order valence-corrected chi connectivity index (χ0v) is 9.85. The summed E-state index contributed by atoms with van der Waals surface area (Å²) in [5.74, 6) is -1.67. The molecule has 0 aliphatic carbocycles. The van der Waals surface area contributed by atoms with Gasteiger partial charge in [0.05, 0.1) is 5.88 Å². The number of hydrogen-bond acceptors (Lipinski definition) is 1. The van der Waals surface area contributed by atoms with Crippen molar-refractivity contribution in [1.82, 2.24) is 0 Å². The summed E-state index contributed by atoms with van der Waals surface area (Å²) < 4.78 is 44.2. The van der Waals surface area contributed by atoms with Crippen LogP contribution in [-0.4, -0.2) is 0 Å². The number of alkyl halides is 1. The minimum atomic E-state index is -0.750. The van der Waals surface area contributed by atoms with Crippen molar-refractivity contribution in [3.8, 4) is 11.5 Å². The minimum absolute atomic E-state index is 0.00882. The molecule has 18 heavy (non-hydrogen) atoms. The lowest BCUT2D eigenvalue weighted by Crippen LogP contribution is -1.92. The molecule has 94 valence electrons. The van der Waals surface area contributed by atoms with E-state index in [1.54, 1.807) is 0 Å². The zero-order chi connectivity index (χ0) is 13.1. The first kappa shape index (κ1) is 12.8. The average Bonchev–Trinajstić information content (AvgIpc) is 2.30. The maximum Gasteiger partial charge on any atom is 0.133 e. The van der Waals surface area contributed by atoms with Crippen LogP contribution < -0.4 is 4.74 Å². The first-order valence-electron chi connectivity index (χ1n) is 5.07. The number of halogens is 4. The topological polar surface area (TPSA) is 9.23 Å². The van der Waals surface area contributed by atoms with Crippen LogP contribution in [-0.2, 0) is 5.88 Å². The molecule has 0 bridgehead atoms. The van der Waals surface area contributed by atoms with Gasteiger partial charge in [-0.2, -0.15) is 0 Å². The Labute approximate surface area is 107 Å². The third-order valence-corrected chi connectivity index (χ3v) is 2.52. The summed E-state index contributed by atoms with van der Waals surface area (Å²) in [5.41, 5.74) is 0.404. The van der Waals surface area contributed by atoms with Gasteiger partial charge in [-0.1, -0.05) is 0 Å². The Morgan fingerprint density at radius 1 is 0.889 bits per heavy atom. The number of rotatable bonds is 3. The molecule has 0 N–H and O–H groups in total. The lowest BCUT2D eigenvalue weighted by Gasteiger charge is -2.09. The van der Waals surface area contributed by atoms with Crippen LogP contribution in [0, 0.1) is 17.5 Å². The van der Waals surface area contributed by atoms with Crippen LogP contribution >= 0.6 is 11.6 Å². The lowest BCUT2D eigenvalue weighted by molar-refractivity contribution is 0.463. The summed E-state index contributed by atoms with van der Waals surface area (Å²) >= 11 is 5.64. The average molecular weight is 273 g/mol. The molecule has 0 aliphatic heterocycles. The van der Waals surface area contributed by atoms with Gasteiger partial charge in [0.1, 0.15) is 29.0 Å². The largest absolute Gasteiger partial charge is 0.457 e. The second-order valence-corrected chi connectivity index (χ2v) is 3.86. The van der Waals surface area contributed by atoms with Crippen LogP contribution in [0.1, 0.15) is 5.56 Å². The highest BCUT2D eigenvalue weighted by atomic mass is 35.5. The van der Waals surface area contributed by atoms with Gasteiger partial charge in [0.2, 0.25) is 0 Å². The molecular formula is C13H8ClF3O. The lowest BCUT2D eigenvalue weighted by atomic mass is 10.2. The first-order chi connectivity index (χ1) is 8.58. The van der Waals surface area contributed by atoms with Crippen LogP contribution in [0.4, 0.5) is 13.2 Å². The van der Waals surface area contributed by atoms with Gasteiger partial charge in [0.25, 0.3) is 0 Å². The highest BCUT2D eigenvalue weighted by molar-refractivity contribution is 6.17. The van der Waals surface area contributed by atoms with Crippen LogP contribution in [0.15, 0.2) is 36.4 Å². The first-order valence-corrected chi connectivity index (χ1v) is 5.60. The summed E-state index contributed by atoms with van der Waals surface area (Å²) in [4.78, 5) is 0. The van der Waals surface area contributed by atoms with Crippen molar-refractivity contribution in [1.29, 1.82) is 0 Å². The predicted octanol–water partition coefficient (Wildman–Crippen LogP) is 4.64. The van der Waals surface area contributed by atoms with Gasteiger partial charge in [-0.15, -0.1) is 11.6 Å². The van der Waals surface area contributed by atoms with Gasteiger partial charge in [-0.25, -0.2) is 13.2 Å². The second-order valence-electron chi connectivity index (χ2n) is 3.59. The monoisotopic (exact) mass is 272 g/mol. The molecule has 0 atom stereocenters. The van der Waals surface area contributed by atoms with Crippen LogP contribution in [0.3, 0.4) is 0 Å². The molecule has 0 unspecified atom stereocenters. The molecule has 0 fully saturated rings. The minimum Gasteiger partial charge on any atom is -0.457 e. The maximum absolute atomic E-state index is 13.0. The normalized spacial score (nSPS) is 10.4. The van der Waals surface area contributed by atoms with Crippen LogP contribution in [0.25, 0.3) is 0 Å². The van der Waals surface area contributed by atoms with E-state index in [0.29, 0.717) is 5.56 Å². The Kier molecular flexibility index (Phi) is 3.77. The van der Waals surface area contributed by atoms with E-state index in [-0.39, 0.29) is 17.4 Å². The van der Waals surface area contributed by atoms with E-state index in [9.17, 15) is 13.2 Å². The Morgan fingerprint density at radius 3 is 2.17 bits per heavy atom.